The van der Waals surface area contributed by atoms with Crippen molar-refractivity contribution in [1.29, 1.82) is 0 Å². The van der Waals surface area contributed by atoms with E-state index in [9.17, 15) is 4.79 Å². The van der Waals surface area contributed by atoms with Crippen LogP contribution in [0.5, 0.6) is 0 Å². The van der Waals surface area contributed by atoms with Gasteiger partial charge in [-0.05, 0) is 59.0 Å². The average Bonchev–Trinajstić information content (AvgIpc) is 2.42. The molecule has 0 aromatic heterocycles. The van der Waals surface area contributed by atoms with Gasteiger partial charge < -0.3 is 9.47 Å². The summed E-state index contributed by atoms with van der Waals surface area (Å²) >= 11 is 0. The molecule has 0 aromatic rings. The van der Waals surface area contributed by atoms with Crippen molar-refractivity contribution < 1.29 is 14.3 Å². The maximum absolute atomic E-state index is 11.5. The highest BCUT2D eigenvalue weighted by atomic mass is 16.5. The minimum absolute atomic E-state index is 0.00432. The normalized spacial score (nSPS) is 14.5. The predicted molar refractivity (Wildman–Crippen MR) is 97.5 cm³/mol. The summed E-state index contributed by atoms with van der Waals surface area (Å²) in [5.41, 5.74) is 0.931. The number of ether oxygens (including phenoxy) is 2. The second-order valence-electron chi connectivity index (χ2n) is 7.33. The summed E-state index contributed by atoms with van der Waals surface area (Å²) in [7, 11) is 1.78. The van der Waals surface area contributed by atoms with E-state index in [2.05, 4.69) is 26.8 Å². The van der Waals surface area contributed by atoms with Gasteiger partial charge in [-0.15, -0.1) is 0 Å². The van der Waals surface area contributed by atoms with Crippen LogP contribution in [0.2, 0.25) is 0 Å². The molecule has 0 aromatic carbocycles. The number of carbonyl (C=O) groups is 1. The van der Waals surface area contributed by atoms with Gasteiger partial charge in [0.05, 0.1) is 11.7 Å². The van der Waals surface area contributed by atoms with Gasteiger partial charge in [0.25, 0.3) is 0 Å². The Morgan fingerprint density at radius 2 is 1.83 bits per heavy atom. The molecular weight excluding hydrogens is 288 g/mol. The van der Waals surface area contributed by atoms with Gasteiger partial charge in [0.15, 0.2) is 0 Å². The molecule has 0 radical (unpaired) electrons. The Kier molecular flexibility index (Phi) is 10.9. The van der Waals surface area contributed by atoms with Crippen LogP contribution in [0.1, 0.15) is 73.6 Å². The Morgan fingerprint density at radius 3 is 2.39 bits per heavy atom. The molecule has 134 valence electrons. The summed E-state index contributed by atoms with van der Waals surface area (Å²) < 4.78 is 10.5. The maximum atomic E-state index is 11.5. The number of hydrogen-bond acceptors (Lipinski definition) is 3. The smallest absolute Gasteiger partial charge is 0.331 e. The SMILES string of the molecule is COC(C)(C)CCCCC(C)CC=CC(C)=CC(=O)OC(C)C. The van der Waals surface area contributed by atoms with Gasteiger partial charge >= 0.3 is 5.97 Å². The number of methoxy groups -OCH3 is 1. The standard InChI is InChI=1S/C20H36O3/c1-16(2)23-19(21)15-18(4)13-10-12-17(3)11-8-9-14-20(5,6)22-7/h10,13,15-17H,8-9,11-12,14H2,1-7H3. The number of hydrogen-bond donors (Lipinski definition) is 0. The lowest BCUT2D eigenvalue weighted by Crippen LogP contribution is -2.21. The molecule has 0 aliphatic carbocycles. The van der Waals surface area contributed by atoms with Gasteiger partial charge in [0.1, 0.15) is 0 Å². The van der Waals surface area contributed by atoms with Gasteiger partial charge in [0.2, 0.25) is 0 Å². The van der Waals surface area contributed by atoms with Crippen LogP contribution in [0, 0.1) is 5.92 Å². The third-order valence-electron chi connectivity index (χ3n) is 3.89. The molecule has 0 spiro atoms. The summed E-state index contributed by atoms with van der Waals surface area (Å²) in [6.07, 6.45) is 11.4. The van der Waals surface area contributed by atoms with Crippen LogP contribution in [0.25, 0.3) is 0 Å². The van der Waals surface area contributed by atoms with Crippen molar-refractivity contribution >= 4 is 5.97 Å². The third kappa shape index (κ3) is 13.1. The molecule has 0 saturated carbocycles. The summed E-state index contributed by atoms with van der Waals surface area (Å²) in [6, 6.07) is 0. The van der Waals surface area contributed by atoms with Crippen molar-refractivity contribution in [2.45, 2.75) is 85.4 Å². The molecule has 23 heavy (non-hydrogen) atoms. The van der Waals surface area contributed by atoms with Crippen LogP contribution in [0.15, 0.2) is 23.8 Å². The third-order valence-corrected chi connectivity index (χ3v) is 3.89. The van der Waals surface area contributed by atoms with Gasteiger partial charge in [-0.3, -0.25) is 0 Å². The second kappa shape index (κ2) is 11.4. The molecular formula is C20H36O3. The fourth-order valence-corrected chi connectivity index (χ4v) is 2.25. The van der Waals surface area contributed by atoms with Crippen molar-refractivity contribution in [3.8, 4) is 0 Å². The molecule has 0 aliphatic rings. The highest BCUT2D eigenvalue weighted by Crippen LogP contribution is 2.20. The highest BCUT2D eigenvalue weighted by Gasteiger charge is 2.15. The van der Waals surface area contributed by atoms with Crippen LogP contribution < -0.4 is 0 Å². The Bertz CT molecular complexity index is 392. The minimum atomic E-state index is -0.268. The van der Waals surface area contributed by atoms with Crippen LogP contribution >= 0.6 is 0 Å². The molecule has 0 saturated heterocycles. The fourth-order valence-electron chi connectivity index (χ4n) is 2.25. The van der Waals surface area contributed by atoms with Crippen molar-refractivity contribution in [2.24, 2.45) is 5.92 Å². The fraction of sp³-hybridized carbons (Fsp3) is 0.750. The lowest BCUT2D eigenvalue weighted by Gasteiger charge is -2.22. The Hall–Kier alpha value is -1.09. The van der Waals surface area contributed by atoms with Crippen molar-refractivity contribution in [1.82, 2.24) is 0 Å². The summed E-state index contributed by atoms with van der Waals surface area (Å²) in [5.74, 6) is 0.392. The predicted octanol–water partition coefficient (Wildman–Crippen LogP) is 5.45. The summed E-state index contributed by atoms with van der Waals surface area (Å²) in [5, 5.41) is 0. The minimum Gasteiger partial charge on any atom is -0.460 e. The van der Waals surface area contributed by atoms with E-state index in [-0.39, 0.29) is 17.7 Å². The van der Waals surface area contributed by atoms with E-state index < -0.39 is 0 Å². The van der Waals surface area contributed by atoms with Gasteiger partial charge in [-0.25, -0.2) is 4.79 Å². The molecule has 0 aliphatic heterocycles. The zero-order valence-corrected chi connectivity index (χ0v) is 16.1. The van der Waals surface area contributed by atoms with Crippen LogP contribution in [0.4, 0.5) is 0 Å². The topological polar surface area (TPSA) is 35.5 Å². The van der Waals surface area contributed by atoms with Crippen molar-refractivity contribution in [3.63, 3.8) is 0 Å². The monoisotopic (exact) mass is 324 g/mol. The quantitative estimate of drug-likeness (QED) is 0.219. The number of unbranched alkanes of at least 4 members (excludes halogenated alkanes) is 1. The lowest BCUT2D eigenvalue weighted by molar-refractivity contribution is -0.141. The van der Waals surface area contributed by atoms with E-state index in [1.807, 2.05) is 26.8 Å². The molecule has 0 fully saturated rings. The molecule has 0 heterocycles. The lowest BCUT2D eigenvalue weighted by atomic mass is 9.95. The second-order valence-corrected chi connectivity index (χ2v) is 7.33. The Morgan fingerprint density at radius 1 is 1.17 bits per heavy atom. The maximum Gasteiger partial charge on any atom is 0.331 e. The van der Waals surface area contributed by atoms with E-state index >= 15 is 0 Å². The van der Waals surface area contributed by atoms with E-state index in [0.29, 0.717) is 5.92 Å². The zero-order chi connectivity index (χ0) is 17.9. The number of esters is 1. The first-order chi connectivity index (χ1) is 10.7. The largest absolute Gasteiger partial charge is 0.460 e. The zero-order valence-electron chi connectivity index (χ0n) is 16.1. The molecule has 0 N–H and O–H groups in total. The molecule has 1 atom stereocenters. The van der Waals surface area contributed by atoms with Gasteiger partial charge in [0, 0.05) is 13.2 Å². The van der Waals surface area contributed by atoms with E-state index in [4.69, 9.17) is 9.47 Å². The Labute approximate surface area is 143 Å². The molecule has 3 heteroatoms. The van der Waals surface area contributed by atoms with Crippen LogP contribution in [-0.2, 0) is 14.3 Å². The molecule has 0 bridgehead atoms. The van der Waals surface area contributed by atoms with Crippen LogP contribution in [0.3, 0.4) is 0 Å². The van der Waals surface area contributed by atoms with E-state index in [1.54, 1.807) is 13.2 Å². The van der Waals surface area contributed by atoms with Gasteiger partial charge in [-0.1, -0.05) is 38.3 Å². The first-order valence-electron chi connectivity index (χ1n) is 8.77. The summed E-state index contributed by atoms with van der Waals surface area (Å²) in [4.78, 5) is 11.5. The number of allylic oxidation sites excluding steroid dienone is 3. The van der Waals surface area contributed by atoms with E-state index in [1.165, 1.54) is 19.3 Å². The first kappa shape index (κ1) is 21.9. The molecule has 0 amide bonds. The number of rotatable bonds is 11. The van der Waals surface area contributed by atoms with Gasteiger partial charge in [-0.2, -0.15) is 0 Å². The molecule has 1 unspecified atom stereocenters. The first-order valence-corrected chi connectivity index (χ1v) is 8.77. The van der Waals surface area contributed by atoms with Crippen molar-refractivity contribution in [2.75, 3.05) is 7.11 Å². The molecule has 3 nitrogen and oxygen atoms in total. The average molecular weight is 325 g/mol. The van der Waals surface area contributed by atoms with Crippen LogP contribution in [-0.4, -0.2) is 24.8 Å². The number of carbonyl (C=O) groups excluding carboxylic acids is 1. The highest BCUT2D eigenvalue weighted by molar-refractivity contribution is 5.83. The summed E-state index contributed by atoms with van der Waals surface area (Å²) in [6.45, 7) is 12.2. The van der Waals surface area contributed by atoms with E-state index in [0.717, 1.165) is 18.4 Å². The Balaban J connectivity index is 3.97. The molecule has 0 rings (SSSR count). The van der Waals surface area contributed by atoms with Crippen molar-refractivity contribution in [3.05, 3.63) is 23.8 Å².